The standard InChI is InChI=1S/C17H17F3N2O3/c1-9(2)8-25-14-7-21-10(5-13(14)23)6-22-17(24)11-3-4-12(18)16(20)15(11)19/h3-5,7,9H,6,8H2,1-2H3,(H,21,23)(H,22,24). The summed E-state index contributed by atoms with van der Waals surface area (Å²) < 4.78 is 44.9. The van der Waals surface area contributed by atoms with E-state index in [-0.39, 0.29) is 23.6 Å². The molecule has 0 aliphatic heterocycles. The molecule has 5 nitrogen and oxygen atoms in total. The molecule has 0 aliphatic carbocycles. The van der Waals surface area contributed by atoms with Crippen molar-refractivity contribution >= 4 is 5.91 Å². The van der Waals surface area contributed by atoms with Crippen molar-refractivity contribution in [2.45, 2.75) is 20.4 Å². The fraction of sp³-hybridized carbons (Fsp3) is 0.294. The highest BCUT2D eigenvalue weighted by Gasteiger charge is 2.18. The van der Waals surface area contributed by atoms with E-state index in [4.69, 9.17) is 4.74 Å². The summed E-state index contributed by atoms with van der Waals surface area (Å²) in [6.07, 6.45) is 1.37. The first kappa shape index (κ1) is 18.6. The molecular weight excluding hydrogens is 337 g/mol. The van der Waals surface area contributed by atoms with E-state index in [2.05, 4.69) is 10.3 Å². The van der Waals surface area contributed by atoms with Crippen LogP contribution < -0.4 is 15.5 Å². The summed E-state index contributed by atoms with van der Waals surface area (Å²) in [7, 11) is 0. The predicted octanol–water partition coefficient (Wildman–Crippen LogP) is 2.76. The second-order valence-electron chi connectivity index (χ2n) is 5.80. The van der Waals surface area contributed by atoms with E-state index in [1.54, 1.807) is 0 Å². The Morgan fingerprint density at radius 1 is 1.24 bits per heavy atom. The number of amides is 1. The molecule has 1 aromatic heterocycles. The second kappa shape index (κ2) is 7.87. The minimum atomic E-state index is -1.72. The highest BCUT2D eigenvalue weighted by molar-refractivity contribution is 5.94. The quantitative estimate of drug-likeness (QED) is 0.784. The fourth-order valence-corrected chi connectivity index (χ4v) is 1.94. The van der Waals surface area contributed by atoms with E-state index in [0.29, 0.717) is 18.4 Å². The normalized spacial score (nSPS) is 10.8. The van der Waals surface area contributed by atoms with E-state index < -0.39 is 28.9 Å². The number of aromatic amines is 1. The Hall–Kier alpha value is -2.77. The number of carbonyl (C=O) groups excluding carboxylic acids is 1. The number of halogens is 3. The summed E-state index contributed by atoms with van der Waals surface area (Å²) in [6.45, 7) is 4.14. The predicted molar refractivity (Wildman–Crippen MR) is 84.9 cm³/mol. The molecular formula is C17H17F3N2O3. The van der Waals surface area contributed by atoms with Crippen LogP contribution >= 0.6 is 0 Å². The van der Waals surface area contributed by atoms with Gasteiger partial charge in [0.15, 0.2) is 23.2 Å². The molecule has 134 valence electrons. The van der Waals surface area contributed by atoms with E-state index in [0.717, 1.165) is 6.07 Å². The molecule has 1 heterocycles. The molecule has 0 spiro atoms. The minimum absolute atomic E-state index is 0.128. The van der Waals surface area contributed by atoms with Crippen molar-refractivity contribution in [3.8, 4) is 5.75 Å². The van der Waals surface area contributed by atoms with Gasteiger partial charge in [-0.1, -0.05) is 13.8 Å². The molecule has 0 aliphatic rings. The van der Waals surface area contributed by atoms with Gasteiger partial charge in [0.05, 0.1) is 18.7 Å². The molecule has 0 unspecified atom stereocenters. The molecule has 2 rings (SSSR count). The molecule has 8 heteroatoms. The van der Waals surface area contributed by atoms with Crippen LogP contribution in [0.3, 0.4) is 0 Å². The van der Waals surface area contributed by atoms with Crippen molar-refractivity contribution in [1.29, 1.82) is 0 Å². The van der Waals surface area contributed by atoms with Gasteiger partial charge in [-0.3, -0.25) is 9.59 Å². The molecule has 2 N–H and O–H groups in total. The lowest BCUT2D eigenvalue weighted by Gasteiger charge is -2.10. The highest BCUT2D eigenvalue weighted by Crippen LogP contribution is 2.15. The molecule has 0 fully saturated rings. The maximum absolute atomic E-state index is 13.6. The lowest BCUT2D eigenvalue weighted by atomic mass is 10.2. The van der Waals surface area contributed by atoms with Gasteiger partial charge < -0.3 is 15.0 Å². The number of pyridine rings is 1. The van der Waals surface area contributed by atoms with Crippen LogP contribution in [0.25, 0.3) is 0 Å². The zero-order valence-corrected chi connectivity index (χ0v) is 13.7. The van der Waals surface area contributed by atoms with Crippen LogP contribution in [0.5, 0.6) is 5.75 Å². The average Bonchev–Trinajstić information content (AvgIpc) is 2.56. The third kappa shape index (κ3) is 4.62. The third-order valence-electron chi connectivity index (χ3n) is 3.23. The van der Waals surface area contributed by atoms with E-state index in [9.17, 15) is 22.8 Å². The van der Waals surface area contributed by atoms with Gasteiger partial charge in [-0.2, -0.15) is 0 Å². The molecule has 0 atom stereocenters. The van der Waals surface area contributed by atoms with Gasteiger partial charge in [-0.05, 0) is 18.1 Å². The molecule has 2 aromatic rings. The third-order valence-corrected chi connectivity index (χ3v) is 3.23. The van der Waals surface area contributed by atoms with Gasteiger partial charge in [-0.15, -0.1) is 0 Å². The number of aromatic nitrogens is 1. The summed E-state index contributed by atoms with van der Waals surface area (Å²) in [5.41, 5.74) is -0.654. The first-order valence-electron chi connectivity index (χ1n) is 7.55. The number of hydrogen-bond donors (Lipinski definition) is 2. The van der Waals surface area contributed by atoms with Gasteiger partial charge in [0.1, 0.15) is 0 Å². The van der Waals surface area contributed by atoms with Crippen LogP contribution in [0.15, 0.2) is 29.2 Å². The Morgan fingerprint density at radius 3 is 2.60 bits per heavy atom. The van der Waals surface area contributed by atoms with Crippen molar-refractivity contribution in [3.05, 3.63) is 63.3 Å². The second-order valence-corrected chi connectivity index (χ2v) is 5.80. The number of carbonyl (C=O) groups is 1. The van der Waals surface area contributed by atoms with Gasteiger partial charge in [0.25, 0.3) is 5.91 Å². The molecule has 1 amide bonds. The Balaban J connectivity index is 2.04. The van der Waals surface area contributed by atoms with Crippen LogP contribution in [0, 0.1) is 23.4 Å². The number of hydrogen-bond acceptors (Lipinski definition) is 3. The summed E-state index contributed by atoms with van der Waals surface area (Å²) in [5, 5.41) is 2.32. The Morgan fingerprint density at radius 2 is 1.96 bits per heavy atom. The highest BCUT2D eigenvalue weighted by atomic mass is 19.2. The van der Waals surface area contributed by atoms with Crippen molar-refractivity contribution < 1.29 is 22.7 Å². The van der Waals surface area contributed by atoms with E-state index in [1.165, 1.54) is 12.3 Å². The largest absolute Gasteiger partial charge is 0.488 e. The summed E-state index contributed by atoms with van der Waals surface area (Å²) in [4.78, 5) is 26.5. The Bertz CT molecular complexity index is 834. The minimum Gasteiger partial charge on any atom is -0.488 e. The Kier molecular flexibility index (Phi) is 5.84. The van der Waals surface area contributed by atoms with Crippen LogP contribution in [0.2, 0.25) is 0 Å². The lowest BCUT2D eigenvalue weighted by molar-refractivity contribution is 0.0945. The summed E-state index contributed by atoms with van der Waals surface area (Å²) >= 11 is 0. The number of H-pyrrole nitrogens is 1. The zero-order valence-electron chi connectivity index (χ0n) is 13.7. The van der Waals surface area contributed by atoms with Crippen LogP contribution in [0.4, 0.5) is 13.2 Å². The lowest BCUT2D eigenvalue weighted by Crippen LogP contribution is -2.25. The maximum Gasteiger partial charge on any atom is 0.254 e. The van der Waals surface area contributed by atoms with Crippen LogP contribution in [-0.2, 0) is 6.54 Å². The molecule has 0 bridgehead atoms. The number of nitrogens with one attached hydrogen (secondary N) is 2. The SMILES string of the molecule is CC(C)COc1c[nH]c(CNC(=O)c2ccc(F)c(F)c2F)cc1=O. The van der Waals surface area contributed by atoms with Crippen molar-refractivity contribution in [2.24, 2.45) is 5.92 Å². The zero-order chi connectivity index (χ0) is 18.6. The molecule has 0 radical (unpaired) electrons. The number of ether oxygens (including phenoxy) is 1. The summed E-state index contributed by atoms with van der Waals surface area (Å²) in [5.74, 6) is -5.19. The summed E-state index contributed by atoms with van der Waals surface area (Å²) in [6, 6.07) is 2.74. The molecule has 0 saturated heterocycles. The van der Waals surface area contributed by atoms with Crippen molar-refractivity contribution in [2.75, 3.05) is 6.61 Å². The van der Waals surface area contributed by atoms with E-state index in [1.807, 2.05) is 13.8 Å². The van der Waals surface area contributed by atoms with E-state index >= 15 is 0 Å². The van der Waals surface area contributed by atoms with Crippen molar-refractivity contribution in [1.82, 2.24) is 10.3 Å². The molecule has 1 aromatic carbocycles. The number of benzene rings is 1. The van der Waals surface area contributed by atoms with Crippen LogP contribution in [-0.4, -0.2) is 17.5 Å². The first-order chi connectivity index (χ1) is 11.8. The monoisotopic (exact) mass is 354 g/mol. The van der Waals surface area contributed by atoms with Gasteiger partial charge in [0, 0.05) is 18.0 Å². The van der Waals surface area contributed by atoms with Gasteiger partial charge >= 0.3 is 0 Å². The van der Waals surface area contributed by atoms with Crippen molar-refractivity contribution in [3.63, 3.8) is 0 Å². The fourth-order valence-electron chi connectivity index (χ4n) is 1.94. The molecule has 25 heavy (non-hydrogen) atoms. The first-order valence-corrected chi connectivity index (χ1v) is 7.55. The van der Waals surface area contributed by atoms with Gasteiger partial charge in [0.2, 0.25) is 5.43 Å². The smallest absolute Gasteiger partial charge is 0.254 e. The topological polar surface area (TPSA) is 71.2 Å². The number of rotatable bonds is 6. The van der Waals surface area contributed by atoms with Gasteiger partial charge in [-0.25, -0.2) is 13.2 Å². The average molecular weight is 354 g/mol. The van der Waals surface area contributed by atoms with Crippen LogP contribution in [0.1, 0.15) is 29.9 Å². The maximum atomic E-state index is 13.6. The molecule has 0 saturated carbocycles. The Labute approximate surface area is 141 Å².